The number of amides is 1. The van der Waals surface area contributed by atoms with Gasteiger partial charge in [0, 0.05) is 17.8 Å². The van der Waals surface area contributed by atoms with E-state index in [4.69, 9.17) is 4.74 Å². The maximum atomic E-state index is 12.5. The van der Waals surface area contributed by atoms with Gasteiger partial charge in [0.2, 0.25) is 0 Å². The fourth-order valence-corrected chi connectivity index (χ4v) is 3.23. The van der Waals surface area contributed by atoms with Crippen LogP contribution in [0.15, 0.2) is 41.3 Å². The Kier molecular flexibility index (Phi) is 3.79. The molecule has 1 saturated heterocycles. The van der Waals surface area contributed by atoms with Gasteiger partial charge < -0.3 is 10.1 Å². The van der Waals surface area contributed by atoms with Crippen LogP contribution in [0, 0.1) is 0 Å². The lowest BCUT2D eigenvalue weighted by molar-refractivity contribution is 0.0925. The van der Waals surface area contributed by atoms with E-state index in [0.717, 1.165) is 17.2 Å². The average molecular weight is 343 g/mol. The minimum Gasteiger partial charge on any atom is -0.377 e. The van der Waals surface area contributed by atoms with Crippen molar-refractivity contribution in [3.05, 3.63) is 52.4 Å². The predicted octanol–water partition coefficient (Wildman–Crippen LogP) is 0.618. The summed E-state index contributed by atoms with van der Waals surface area (Å²) in [5.41, 5.74) is 1.72. The zero-order valence-corrected chi connectivity index (χ0v) is 13.3. The van der Waals surface area contributed by atoms with Gasteiger partial charge in [0.1, 0.15) is 17.1 Å². The molecule has 1 fully saturated rings. The second-order valence-corrected chi connectivity index (χ2v) is 5.99. The van der Waals surface area contributed by atoms with Crippen molar-refractivity contribution in [3.63, 3.8) is 0 Å². The first kappa shape index (κ1) is 14.9. The van der Waals surface area contributed by atoms with Crippen molar-refractivity contribution in [2.45, 2.75) is 12.1 Å². The number of carbonyl (C=O) groups excluding carboxylic acids is 1. The number of fused-ring (bicyclic) bond motifs is 1. The topological polar surface area (TPSA) is 99.0 Å². The molecule has 1 aliphatic rings. The number of hydrogen-bond acceptors (Lipinski definition) is 7. The highest BCUT2D eigenvalue weighted by molar-refractivity contribution is 7.00. The summed E-state index contributed by atoms with van der Waals surface area (Å²) < 4.78 is 15.0. The Morgan fingerprint density at radius 2 is 2.12 bits per heavy atom. The Labute approximate surface area is 140 Å². The van der Waals surface area contributed by atoms with Crippen molar-refractivity contribution in [2.24, 2.45) is 0 Å². The number of ether oxygens (including phenoxy) is 1. The highest BCUT2D eigenvalue weighted by Gasteiger charge is 2.32. The third kappa shape index (κ3) is 2.68. The molecular formula is C15H13N5O3S. The van der Waals surface area contributed by atoms with Crippen molar-refractivity contribution in [3.8, 4) is 0 Å². The van der Waals surface area contributed by atoms with E-state index in [1.807, 2.05) is 0 Å². The summed E-state index contributed by atoms with van der Waals surface area (Å²) in [5, 5.41) is 7.00. The summed E-state index contributed by atoms with van der Waals surface area (Å²) in [4.78, 5) is 24.5. The summed E-state index contributed by atoms with van der Waals surface area (Å²) >= 11 is 1.11. The maximum Gasteiger partial charge on any atom is 0.267 e. The Morgan fingerprint density at radius 1 is 1.25 bits per heavy atom. The van der Waals surface area contributed by atoms with Crippen LogP contribution in [0.2, 0.25) is 0 Å². The van der Waals surface area contributed by atoms with Gasteiger partial charge in [-0.15, -0.1) is 0 Å². The van der Waals surface area contributed by atoms with Gasteiger partial charge >= 0.3 is 0 Å². The third-order valence-corrected chi connectivity index (χ3v) is 4.50. The summed E-state index contributed by atoms with van der Waals surface area (Å²) in [6.45, 7) is 0.664. The van der Waals surface area contributed by atoms with Gasteiger partial charge in [0.05, 0.1) is 31.0 Å². The van der Waals surface area contributed by atoms with Crippen LogP contribution >= 0.6 is 11.7 Å². The fourth-order valence-electron chi connectivity index (χ4n) is 2.71. The highest BCUT2D eigenvalue weighted by atomic mass is 32.1. The van der Waals surface area contributed by atoms with Gasteiger partial charge in [-0.1, -0.05) is 0 Å². The van der Waals surface area contributed by atoms with E-state index in [2.05, 4.69) is 19.2 Å². The molecule has 1 amide bonds. The molecule has 1 aliphatic heterocycles. The summed E-state index contributed by atoms with van der Waals surface area (Å²) in [6, 6.07) is 7.54. The standard InChI is InChI=1S/C15H13N5O3S/c21-14-2-1-5-16-20(14)13-8-23-7-12(13)17-15(22)9-3-4-10-11(6-9)19-24-18-10/h1-6,12-13H,7-8H2,(H,17,22). The monoisotopic (exact) mass is 343 g/mol. The van der Waals surface area contributed by atoms with Gasteiger partial charge in [-0.2, -0.15) is 13.8 Å². The highest BCUT2D eigenvalue weighted by Crippen LogP contribution is 2.18. The van der Waals surface area contributed by atoms with Crippen molar-refractivity contribution in [2.75, 3.05) is 13.2 Å². The summed E-state index contributed by atoms with van der Waals surface area (Å²) in [5.74, 6) is -0.241. The van der Waals surface area contributed by atoms with Crippen LogP contribution in [0.5, 0.6) is 0 Å². The van der Waals surface area contributed by atoms with Crippen LogP contribution in [0.4, 0.5) is 0 Å². The lowest BCUT2D eigenvalue weighted by Gasteiger charge is -2.19. The Morgan fingerprint density at radius 3 is 3.00 bits per heavy atom. The number of benzene rings is 1. The molecule has 3 aromatic rings. The van der Waals surface area contributed by atoms with Crippen LogP contribution in [-0.4, -0.2) is 43.7 Å². The van der Waals surface area contributed by atoms with E-state index in [1.165, 1.54) is 10.7 Å². The number of nitrogens with zero attached hydrogens (tertiary/aromatic N) is 4. The molecule has 9 heteroatoms. The quantitative estimate of drug-likeness (QED) is 0.748. The third-order valence-electron chi connectivity index (χ3n) is 3.94. The normalized spacial score (nSPS) is 20.3. The Bertz CT molecular complexity index is 953. The van der Waals surface area contributed by atoms with E-state index >= 15 is 0 Å². The second kappa shape index (κ2) is 6.10. The van der Waals surface area contributed by atoms with Gasteiger partial charge in [-0.3, -0.25) is 9.59 Å². The molecule has 122 valence electrons. The van der Waals surface area contributed by atoms with Crippen molar-refractivity contribution in [1.29, 1.82) is 0 Å². The van der Waals surface area contributed by atoms with E-state index in [0.29, 0.717) is 24.3 Å². The van der Waals surface area contributed by atoms with Crippen LogP contribution in [0.3, 0.4) is 0 Å². The number of rotatable bonds is 3. The van der Waals surface area contributed by atoms with E-state index in [1.54, 1.807) is 30.5 Å². The minimum atomic E-state index is -0.327. The number of hydrogen-bond donors (Lipinski definition) is 1. The summed E-state index contributed by atoms with van der Waals surface area (Å²) in [7, 11) is 0. The second-order valence-electron chi connectivity index (χ2n) is 5.46. The smallest absolute Gasteiger partial charge is 0.267 e. The molecule has 4 rings (SSSR count). The molecule has 3 heterocycles. The molecule has 0 saturated carbocycles. The molecule has 2 aromatic heterocycles. The molecule has 0 bridgehead atoms. The van der Waals surface area contributed by atoms with Gasteiger partial charge in [-0.05, 0) is 24.3 Å². The van der Waals surface area contributed by atoms with Gasteiger partial charge in [-0.25, -0.2) is 4.68 Å². The first-order valence-corrected chi connectivity index (χ1v) is 8.10. The fraction of sp³-hybridized carbons (Fsp3) is 0.267. The minimum absolute atomic E-state index is 0.220. The number of aromatic nitrogens is 4. The molecule has 0 aliphatic carbocycles. The van der Waals surface area contributed by atoms with Crippen LogP contribution in [-0.2, 0) is 4.74 Å². The first-order valence-electron chi connectivity index (χ1n) is 7.37. The SMILES string of the molecule is O=C(NC1COCC1n1ncccc1=O)c1ccc2nsnc2c1. The van der Waals surface area contributed by atoms with E-state index in [9.17, 15) is 9.59 Å². The molecular weight excluding hydrogens is 330 g/mol. The first-order chi connectivity index (χ1) is 11.7. The number of nitrogens with one attached hydrogen (secondary N) is 1. The molecule has 1 N–H and O–H groups in total. The van der Waals surface area contributed by atoms with Crippen molar-refractivity contribution < 1.29 is 9.53 Å². The zero-order chi connectivity index (χ0) is 16.5. The predicted molar refractivity (Wildman–Crippen MR) is 87.0 cm³/mol. The summed E-state index contributed by atoms with van der Waals surface area (Å²) in [6.07, 6.45) is 1.54. The van der Waals surface area contributed by atoms with E-state index in [-0.39, 0.29) is 23.6 Å². The maximum absolute atomic E-state index is 12.5. The average Bonchev–Trinajstić information content (AvgIpc) is 3.23. The molecule has 24 heavy (non-hydrogen) atoms. The number of carbonyl (C=O) groups is 1. The van der Waals surface area contributed by atoms with Gasteiger partial charge in [0.25, 0.3) is 11.5 Å². The molecule has 1 aromatic carbocycles. The zero-order valence-electron chi connectivity index (χ0n) is 12.5. The van der Waals surface area contributed by atoms with Crippen LogP contribution in [0.1, 0.15) is 16.4 Å². The lowest BCUT2D eigenvalue weighted by Crippen LogP contribution is -2.43. The molecule has 8 nitrogen and oxygen atoms in total. The molecule has 2 unspecified atom stereocenters. The van der Waals surface area contributed by atoms with E-state index < -0.39 is 0 Å². The molecule has 0 radical (unpaired) electrons. The van der Waals surface area contributed by atoms with Crippen molar-refractivity contribution in [1.82, 2.24) is 23.8 Å². The largest absolute Gasteiger partial charge is 0.377 e. The lowest BCUT2D eigenvalue weighted by atomic mass is 10.1. The van der Waals surface area contributed by atoms with Crippen LogP contribution in [0.25, 0.3) is 11.0 Å². The molecule has 2 atom stereocenters. The van der Waals surface area contributed by atoms with Crippen molar-refractivity contribution >= 4 is 28.7 Å². The Hall–Kier alpha value is -2.65. The van der Waals surface area contributed by atoms with Crippen LogP contribution < -0.4 is 10.9 Å². The molecule has 0 spiro atoms. The Balaban J connectivity index is 1.56. The van der Waals surface area contributed by atoms with Gasteiger partial charge in [0.15, 0.2) is 0 Å².